The van der Waals surface area contributed by atoms with Crippen molar-refractivity contribution in [2.45, 2.75) is 5.60 Å². The van der Waals surface area contributed by atoms with Gasteiger partial charge in [0.1, 0.15) is 11.4 Å². The van der Waals surface area contributed by atoms with Crippen LogP contribution in [0.15, 0.2) is 32.3 Å². The minimum absolute atomic E-state index is 0.0529. The van der Waals surface area contributed by atoms with Crippen molar-refractivity contribution >= 4 is 39.3 Å². The van der Waals surface area contributed by atoms with Crippen LogP contribution in [0.2, 0.25) is 0 Å². The average molecular weight is 472 g/mol. The molecule has 0 saturated carbocycles. The zero-order chi connectivity index (χ0) is 21.2. The summed E-state index contributed by atoms with van der Waals surface area (Å²) < 4.78 is 18.3. The quantitative estimate of drug-likeness (QED) is 0.289. The summed E-state index contributed by atoms with van der Waals surface area (Å²) in [4.78, 5) is 18.9. The number of benzene rings is 1. The van der Waals surface area contributed by atoms with Crippen LogP contribution in [-0.2, 0) is 0 Å². The molecular formula is C16H19BrFN7O4. The van der Waals surface area contributed by atoms with E-state index in [1.54, 1.807) is 14.1 Å². The van der Waals surface area contributed by atoms with Crippen molar-refractivity contribution in [3.05, 3.63) is 34.2 Å². The first-order valence-corrected chi connectivity index (χ1v) is 9.21. The molecule has 2 heterocycles. The van der Waals surface area contributed by atoms with Crippen LogP contribution in [0.4, 0.5) is 20.7 Å². The molecule has 156 valence electrons. The van der Waals surface area contributed by atoms with Gasteiger partial charge in [-0.05, 0) is 44.4 Å². The number of anilines is 1. The molecule has 1 aliphatic heterocycles. The summed E-state index contributed by atoms with van der Waals surface area (Å²) in [6.07, 6.45) is 0. The fourth-order valence-corrected chi connectivity index (χ4v) is 3.08. The van der Waals surface area contributed by atoms with Crippen molar-refractivity contribution < 1.29 is 24.1 Å². The van der Waals surface area contributed by atoms with Crippen molar-refractivity contribution in [2.24, 2.45) is 4.99 Å². The van der Waals surface area contributed by atoms with Crippen LogP contribution in [-0.4, -0.2) is 81.6 Å². The molecule has 0 radical (unpaired) electrons. The highest BCUT2D eigenvalue weighted by molar-refractivity contribution is 9.10. The predicted molar refractivity (Wildman–Crippen MR) is 104 cm³/mol. The van der Waals surface area contributed by atoms with Crippen molar-refractivity contribution in [1.82, 2.24) is 25.6 Å². The Morgan fingerprint density at radius 2 is 2.17 bits per heavy atom. The van der Waals surface area contributed by atoms with E-state index in [9.17, 15) is 19.5 Å². The molecule has 1 fully saturated rings. The van der Waals surface area contributed by atoms with E-state index in [4.69, 9.17) is 4.63 Å². The molecule has 1 aromatic heterocycles. The monoisotopic (exact) mass is 471 g/mol. The lowest BCUT2D eigenvalue weighted by Gasteiger charge is -2.47. The van der Waals surface area contributed by atoms with Gasteiger partial charge in [0.15, 0.2) is 11.5 Å². The number of hydrogen-bond donors (Lipinski definition) is 4. The second kappa shape index (κ2) is 8.31. The van der Waals surface area contributed by atoms with Crippen LogP contribution < -0.4 is 10.8 Å². The van der Waals surface area contributed by atoms with Gasteiger partial charge < -0.3 is 20.2 Å². The van der Waals surface area contributed by atoms with E-state index < -0.39 is 11.4 Å². The Morgan fingerprint density at radius 1 is 1.45 bits per heavy atom. The number of hydroxylamine groups is 1. The molecule has 11 nitrogen and oxygen atoms in total. The first kappa shape index (κ1) is 21.0. The maximum atomic E-state index is 13.4. The number of halogens is 2. The third-order valence-electron chi connectivity index (χ3n) is 4.17. The van der Waals surface area contributed by atoms with E-state index in [-0.39, 0.29) is 47.5 Å². The zero-order valence-corrected chi connectivity index (χ0v) is 17.1. The van der Waals surface area contributed by atoms with Crippen LogP contribution in [0.5, 0.6) is 0 Å². The van der Waals surface area contributed by atoms with Crippen LogP contribution in [0.3, 0.4) is 0 Å². The molecule has 0 aliphatic carbocycles. The molecule has 2 amide bonds. The first-order chi connectivity index (χ1) is 13.7. The predicted octanol–water partition coefficient (Wildman–Crippen LogP) is 1.17. The first-order valence-electron chi connectivity index (χ1n) is 8.42. The Balaban J connectivity index is 1.69. The maximum absolute atomic E-state index is 13.4. The Kier molecular flexibility index (Phi) is 6.00. The van der Waals surface area contributed by atoms with E-state index in [0.29, 0.717) is 5.69 Å². The number of amidine groups is 1. The lowest BCUT2D eigenvalue weighted by Crippen LogP contribution is -2.67. The van der Waals surface area contributed by atoms with Crippen molar-refractivity contribution in [3.63, 3.8) is 0 Å². The minimum Gasteiger partial charge on any atom is -0.384 e. The molecule has 1 aliphatic rings. The second-order valence-electron chi connectivity index (χ2n) is 6.74. The van der Waals surface area contributed by atoms with E-state index in [1.807, 2.05) is 5.48 Å². The molecule has 0 spiro atoms. The zero-order valence-electron chi connectivity index (χ0n) is 15.6. The number of rotatable bonds is 5. The highest BCUT2D eigenvalue weighted by Gasteiger charge is 2.44. The van der Waals surface area contributed by atoms with Gasteiger partial charge in [-0.25, -0.2) is 18.8 Å². The molecule has 4 N–H and O–H groups in total. The summed E-state index contributed by atoms with van der Waals surface area (Å²) in [5.74, 6) is -0.432. The van der Waals surface area contributed by atoms with Gasteiger partial charge in [-0.1, -0.05) is 0 Å². The number of urea groups is 1. The molecule has 2 aromatic rings. The van der Waals surface area contributed by atoms with Crippen molar-refractivity contribution in [2.75, 3.05) is 39.0 Å². The molecule has 0 atom stereocenters. The Morgan fingerprint density at radius 3 is 2.79 bits per heavy atom. The fraction of sp³-hybridized carbons (Fsp3) is 0.375. The number of aliphatic imine (C=N–C) groups is 1. The average Bonchev–Trinajstić information content (AvgIpc) is 3.12. The van der Waals surface area contributed by atoms with E-state index in [0.717, 1.165) is 0 Å². The molecule has 3 rings (SSSR count). The number of likely N-dealkylation sites (tertiary alicyclic amines) is 1. The van der Waals surface area contributed by atoms with Gasteiger partial charge in [0.2, 0.25) is 5.82 Å². The standard InChI is InChI=1S/C16H19BrFN7O4/c1-24(2)15(26)25-7-16(27,8-25)6-19-13-12(22-29-23-13)14(21-28)20-9-3-4-11(18)10(17)5-9/h3-5,27-28H,6-8H2,1-2H3,(H,19,23)(H,20,21). The van der Waals surface area contributed by atoms with Gasteiger partial charge in [-0.3, -0.25) is 10.7 Å². The Bertz CT molecular complexity index is 930. The minimum atomic E-state index is -1.15. The lowest BCUT2D eigenvalue weighted by molar-refractivity contribution is -0.0689. The van der Waals surface area contributed by atoms with Crippen molar-refractivity contribution in [1.29, 1.82) is 0 Å². The number of aliphatic hydroxyl groups is 1. The normalized spacial score (nSPS) is 15.7. The topological polar surface area (TPSA) is 139 Å². The number of β-amino-alcohol motifs (C(OH)–C–C–N with tert-alkyl or cyclic N) is 1. The summed E-state index contributed by atoms with van der Waals surface area (Å²) >= 11 is 3.06. The number of hydrogen-bond acceptors (Lipinski definition) is 8. The van der Waals surface area contributed by atoms with Gasteiger partial charge in [0, 0.05) is 20.6 Å². The van der Waals surface area contributed by atoms with Crippen LogP contribution >= 0.6 is 15.9 Å². The highest BCUT2D eigenvalue weighted by atomic mass is 79.9. The summed E-state index contributed by atoms with van der Waals surface area (Å²) in [6, 6.07) is 3.85. The van der Waals surface area contributed by atoms with Gasteiger partial charge in [-0.2, -0.15) is 0 Å². The largest absolute Gasteiger partial charge is 0.384 e. The molecule has 1 saturated heterocycles. The second-order valence-corrected chi connectivity index (χ2v) is 7.60. The Labute approximate surface area is 173 Å². The SMILES string of the molecule is CN(C)C(=O)N1CC(O)(CNc2nonc2C(=Nc2ccc(F)c(Br)c2)NO)C1. The lowest BCUT2D eigenvalue weighted by atomic mass is 9.94. The van der Waals surface area contributed by atoms with Crippen molar-refractivity contribution in [3.8, 4) is 0 Å². The number of nitrogens with one attached hydrogen (secondary N) is 2. The van der Waals surface area contributed by atoms with Crippen LogP contribution in [0.1, 0.15) is 5.69 Å². The van der Waals surface area contributed by atoms with Gasteiger partial charge in [0.25, 0.3) is 0 Å². The number of nitrogens with zero attached hydrogens (tertiary/aromatic N) is 5. The summed E-state index contributed by atoms with van der Waals surface area (Å²) in [7, 11) is 3.27. The molecule has 29 heavy (non-hydrogen) atoms. The summed E-state index contributed by atoms with van der Waals surface area (Å²) in [5, 5.41) is 30.2. The highest BCUT2D eigenvalue weighted by Crippen LogP contribution is 2.25. The van der Waals surface area contributed by atoms with E-state index in [1.165, 1.54) is 28.0 Å². The van der Waals surface area contributed by atoms with E-state index in [2.05, 4.69) is 36.6 Å². The third kappa shape index (κ3) is 4.63. The summed E-state index contributed by atoms with van der Waals surface area (Å²) in [6.45, 7) is 0.368. The fourth-order valence-electron chi connectivity index (χ4n) is 2.72. The number of carbonyl (C=O) groups excluding carboxylic acids is 1. The van der Waals surface area contributed by atoms with Gasteiger partial charge in [0.05, 0.1) is 23.2 Å². The molecule has 1 aromatic carbocycles. The Hall–Kier alpha value is -2.77. The van der Waals surface area contributed by atoms with E-state index >= 15 is 0 Å². The van der Waals surface area contributed by atoms with Gasteiger partial charge in [-0.15, -0.1) is 0 Å². The maximum Gasteiger partial charge on any atom is 0.319 e. The molecule has 0 unspecified atom stereocenters. The number of carbonyl (C=O) groups is 1. The number of aromatic nitrogens is 2. The van der Waals surface area contributed by atoms with Crippen LogP contribution in [0, 0.1) is 5.82 Å². The number of amides is 2. The van der Waals surface area contributed by atoms with Crippen LogP contribution in [0.25, 0.3) is 0 Å². The molecule has 13 heteroatoms. The smallest absolute Gasteiger partial charge is 0.319 e. The third-order valence-corrected chi connectivity index (χ3v) is 4.78. The molecule has 0 bridgehead atoms. The van der Waals surface area contributed by atoms with Gasteiger partial charge >= 0.3 is 6.03 Å². The molecular weight excluding hydrogens is 453 g/mol. The summed E-state index contributed by atoms with van der Waals surface area (Å²) in [5.41, 5.74) is 1.14.